The minimum Gasteiger partial charge on any atom is -0.462 e. The molecule has 0 N–H and O–H groups in total. The number of ether oxygens (including phenoxy) is 6. The van der Waals surface area contributed by atoms with Gasteiger partial charge in [-0.1, -0.05) is 61.7 Å². The van der Waals surface area contributed by atoms with Crippen molar-refractivity contribution in [1.29, 1.82) is 0 Å². The van der Waals surface area contributed by atoms with Gasteiger partial charge in [-0.15, -0.1) is 0 Å². The minimum absolute atomic E-state index is 0.00289. The Balaban J connectivity index is 1.39. The molecular formula is C38H32N2O12. The lowest BCUT2D eigenvalue weighted by Gasteiger charge is -2.14. The highest BCUT2D eigenvalue weighted by atomic mass is 16.6. The normalized spacial score (nSPS) is 10.8. The van der Waals surface area contributed by atoms with Crippen LogP contribution in [0.1, 0.15) is 25.7 Å². The van der Waals surface area contributed by atoms with Crippen molar-refractivity contribution in [3.8, 4) is 11.5 Å². The number of fused-ring (bicyclic) bond motifs is 7. The molecule has 0 atom stereocenters. The van der Waals surface area contributed by atoms with E-state index in [0.29, 0.717) is 11.0 Å². The Bertz CT molecular complexity index is 2070. The van der Waals surface area contributed by atoms with Crippen LogP contribution in [0.5, 0.6) is 11.5 Å². The molecule has 0 saturated carbocycles. The third-order valence-corrected chi connectivity index (χ3v) is 7.43. The van der Waals surface area contributed by atoms with Crippen LogP contribution in [0.2, 0.25) is 0 Å². The molecule has 0 amide bonds. The Morgan fingerprint density at radius 1 is 0.462 bits per heavy atom. The van der Waals surface area contributed by atoms with Crippen LogP contribution in [-0.4, -0.2) is 72.2 Å². The predicted octanol–water partition coefficient (Wildman–Crippen LogP) is 5.01. The second kappa shape index (κ2) is 17.3. The lowest BCUT2D eigenvalue weighted by atomic mass is 9.99. The maximum atomic E-state index is 12.9. The SMILES string of the molecule is C=CC(=O)OCCOC(=O)CCC(=O)Oc1ccc(OC(=O)CCC(=O)OCCOC(=O)C=C)c2nc3c4ccccc4c4ccccc4c3nc12. The number of hydrogen-bond donors (Lipinski definition) is 0. The van der Waals surface area contributed by atoms with Gasteiger partial charge in [0.15, 0.2) is 11.5 Å². The highest BCUT2D eigenvalue weighted by Gasteiger charge is 2.21. The van der Waals surface area contributed by atoms with E-state index in [9.17, 15) is 28.8 Å². The van der Waals surface area contributed by atoms with Crippen LogP contribution in [0.25, 0.3) is 43.6 Å². The molecule has 1 aromatic heterocycles. The van der Waals surface area contributed by atoms with Crippen LogP contribution in [0.15, 0.2) is 86.0 Å². The number of nitrogens with zero attached hydrogens (tertiary/aromatic N) is 2. The zero-order valence-electron chi connectivity index (χ0n) is 27.8. The highest BCUT2D eigenvalue weighted by Crippen LogP contribution is 2.38. The van der Waals surface area contributed by atoms with Gasteiger partial charge in [0.25, 0.3) is 0 Å². The summed E-state index contributed by atoms with van der Waals surface area (Å²) in [6, 6.07) is 18.0. The third-order valence-electron chi connectivity index (χ3n) is 7.43. The van der Waals surface area contributed by atoms with E-state index < -0.39 is 35.8 Å². The molecule has 0 spiro atoms. The largest absolute Gasteiger partial charge is 0.462 e. The van der Waals surface area contributed by atoms with E-state index in [0.717, 1.165) is 33.7 Å². The maximum Gasteiger partial charge on any atom is 0.330 e. The van der Waals surface area contributed by atoms with Crippen LogP contribution < -0.4 is 9.47 Å². The van der Waals surface area contributed by atoms with E-state index in [2.05, 4.69) is 13.2 Å². The third kappa shape index (κ3) is 9.09. The number of esters is 6. The van der Waals surface area contributed by atoms with Gasteiger partial charge in [0.1, 0.15) is 37.5 Å². The minimum atomic E-state index is -0.774. The van der Waals surface area contributed by atoms with Gasteiger partial charge in [0, 0.05) is 22.9 Å². The number of benzene rings is 4. The second-order valence-electron chi connectivity index (χ2n) is 10.9. The highest BCUT2D eigenvalue weighted by molar-refractivity contribution is 6.24. The molecule has 0 bridgehead atoms. The van der Waals surface area contributed by atoms with Gasteiger partial charge in [-0.2, -0.15) is 0 Å². The average molecular weight is 709 g/mol. The molecule has 0 saturated heterocycles. The first kappa shape index (κ1) is 36.6. The Morgan fingerprint density at radius 3 is 1.19 bits per heavy atom. The molecule has 0 radical (unpaired) electrons. The van der Waals surface area contributed by atoms with Crippen LogP contribution in [-0.2, 0) is 47.7 Å². The fourth-order valence-electron chi connectivity index (χ4n) is 5.09. The number of carbonyl (C=O) groups excluding carboxylic acids is 6. The van der Waals surface area contributed by atoms with Crippen LogP contribution in [0.4, 0.5) is 0 Å². The van der Waals surface area contributed by atoms with Gasteiger partial charge in [-0.3, -0.25) is 19.2 Å². The Hall–Kier alpha value is -6.70. The average Bonchev–Trinajstić information content (AvgIpc) is 3.16. The van der Waals surface area contributed by atoms with Crippen molar-refractivity contribution in [2.75, 3.05) is 26.4 Å². The van der Waals surface area contributed by atoms with Gasteiger partial charge in [-0.05, 0) is 22.9 Å². The monoisotopic (exact) mass is 708 g/mol. The summed E-state index contributed by atoms with van der Waals surface area (Å²) in [5.41, 5.74) is 1.22. The number of hydrogen-bond acceptors (Lipinski definition) is 14. The predicted molar refractivity (Wildman–Crippen MR) is 186 cm³/mol. The zero-order valence-corrected chi connectivity index (χ0v) is 27.8. The van der Waals surface area contributed by atoms with Gasteiger partial charge in [0.2, 0.25) is 0 Å². The van der Waals surface area contributed by atoms with Gasteiger partial charge in [0.05, 0.1) is 36.7 Å². The molecule has 0 aliphatic heterocycles. The summed E-state index contributed by atoms with van der Waals surface area (Å²) in [5.74, 6) is -4.29. The zero-order chi connectivity index (χ0) is 37.0. The van der Waals surface area contributed by atoms with Crippen molar-refractivity contribution in [2.24, 2.45) is 0 Å². The van der Waals surface area contributed by atoms with Crippen molar-refractivity contribution < 1.29 is 57.2 Å². The molecule has 0 aliphatic carbocycles. The first-order chi connectivity index (χ1) is 25.2. The molecule has 5 aromatic rings. The quantitative estimate of drug-likeness (QED) is 0.0254. The van der Waals surface area contributed by atoms with Crippen LogP contribution >= 0.6 is 0 Å². The summed E-state index contributed by atoms with van der Waals surface area (Å²) >= 11 is 0. The molecule has 4 aromatic carbocycles. The fourth-order valence-corrected chi connectivity index (χ4v) is 5.09. The van der Waals surface area contributed by atoms with E-state index in [1.54, 1.807) is 0 Å². The Morgan fingerprint density at radius 2 is 0.808 bits per heavy atom. The van der Waals surface area contributed by atoms with E-state index >= 15 is 0 Å². The molecular weight excluding hydrogens is 676 g/mol. The lowest BCUT2D eigenvalue weighted by molar-refractivity contribution is -0.151. The lowest BCUT2D eigenvalue weighted by Crippen LogP contribution is -2.16. The van der Waals surface area contributed by atoms with Crippen molar-refractivity contribution in [3.05, 3.63) is 86.0 Å². The molecule has 52 heavy (non-hydrogen) atoms. The molecule has 0 unspecified atom stereocenters. The topological polar surface area (TPSA) is 184 Å². The van der Waals surface area contributed by atoms with Crippen LogP contribution in [0.3, 0.4) is 0 Å². The maximum absolute atomic E-state index is 12.9. The first-order valence-corrected chi connectivity index (χ1v) is 16.0. The smallest absolute Gasteiger partial charge is 0.330 e. The van der Waals surface area contributed by atoms with E-state index in [-0.39, 0.29) is 74.6 Å². The van der Waals surface area contributed by atoms with Crippen LogP contribution in [0, 0.1) is 0 Å². The van der Waals surface area contributed by atoms with Crippen molar-refractivity contribution in [3.63, 3.8) is 0 Å². The Labute approximate surface area is 295 Å². The molecule has 1 heterocycles. The number of rotatable bonds is 16. The van der Waals surface area contributed by atoms with E-state index in [4.69, 9.17) is 38.4 Å². The molecule has 14 heteroatoms. The van der Waals surface area contributed by atoms with Crippen molar-refractivity contribution in [1.82, 2.24) is 9.97 Å². The Kier molecular flexibility index (Phi) is 12.2. The summed E-state index contributed by atoms with van der Waals surface area (Å²) in [6.45, 7) is 5.82. The molecule has 266 valence electrons. The summed E-state index contributed by atoms with van der Waals surface area (Å²) in [7, 11) is 0. The summed E-state index contributed by atoms with van der Waals surface area (Å²) in [6.07, 6.45) is 0.652. The standard InChI is InChI=1S/C38H32N2O12/c1-3-29(41)47-19-21-49-31(43)15-17-33(45)51-27-13-14-28(52-34(46)18-16-32(44)50-22-20-48-30(42)4-2)38-37(27)39-35-25-11-7-5-9-23(25)24-10-6-8-12-26(24)36(35)40-38/h3-14H,1-2,15-22H2. The molecule has 5 rings (SSSR count). The molecule has 0 fully saturated rings. The molecule has 14 nitrogen and oxygen atoms in total. The van der Waals surface area contributed by atoms with Crippen molar-refractivity contribution >= 4 is 79.4 Å². The van der Waals surface area contributed by atoms with E-state index in [1.165, 1.54) is 12.1 Å². The number of carbonyl (C=O) groups is 6. The summed E-state index contributed by atoms with van der Waals surface area (Å²) < 4.78 is 30.7. The summed E-state index contributed by atoms with van der Waals surface area (Å²) in [4.78, 5) is 82.1. The van der Waals surface area contributed by atoms with Gasteiger partial charge < -0.3 is 28.4 Å². The molecule has 0 aliphatic rings. The summed E-state index contributed by atoms with van der Waals surface area (Å²) in [5, 5.41) is 3.40. The first-order valence-electron chi connectivity index (χ1n) is 16.0. The van der Waals surface area contributed by atoms with E-state index in [1.807, 2.05) is 48.5 Å². The van der Waals surface area contributed by atoms with Crippen molar-refractivity contribution in [2.45, 2.75) is 25.7 Å². The fraction of sp³-hybridized carbons (Fsp3) is 0.211. The number of aromatic nitrogens is 2. The van der Waals surface area contributed by atoms with Gasteiger partial charge in [-0.25, -0.2) is 19.6 Å². The second-order valence-corrected chi connectivity index (χ2v) is 10.9. The van der Waals surface area contributed by atoms with Gasteiger partial charge >= 0.3 is 35.8 Å².